The summed E-state index contributed by atoms with van der Waals surface area (Å²) in [6.45, 7) is 0.578. The first-order valence-corrected chi connectivity index (χ1v) is 6.55. The Bertz CT molecular complexity index is 396. The molecule has 0 saturated heterocycles. The molecule has 1 aromatic carbocycles. The van der Waals surface area contributed by atoms with E-state index in [4.69, 9.17) is 16.7 Å². The highest BCUT2D eigenvalue weighted by Gasteiger charge is 2.34. The van der Waals surface area contributed by atoms with Gasteiger partial charge < -0.3 is 10.4 Å². The van der Waals surface area contributed by atoms with Crippen LogP contribution in [-0.4, -0.2) is 18.3 Å². The van der Waals surface area contributed by atoms with E-state index in [1.54, 1.807) is 0 Å². The van der Waals surface area contributed by atoms with E-state index in [-0.39, 0.29) is 17.3 Å². The third kappa shape index (κ3) is 5.28. The molecule has 19 heavy (non-hydrogen) atoms. The van der Waals surface area contributed by atoms with E-state index in [2.05, 4.69) is 5.32 Å². The van der Waals surface area contributed by atoms with Crippen LogP contribution in [0.5, 0.6) is 0 Å². The fourth-order valence-corrected chi connectivity index (χ4v) is 1.99. The van der Waals surface area contributed by atoms with E-state index in [9.17, 15) is 13.2 Å². The third-order valence-corrected chi connectivity index (χ3v) is 3.02. The van der Waals surface area contributed by atoms with Crippen molar-refractivity contribution >= 4 is 17.3 Å². The van der Waals surface area contributed by atoms with Gasteiger partial charge in [-0.15, -0.1) is 0 Å². The maximum atomic E-state index is 12.8. The molecule has 6 heteroatoms. The first-order chi connectivity index (χ1) is 8.96. The zero-order chi connectivity index (χ0) is 14.3. The summed E-state index contributed by atoms with van der Waals surface area (Å²) in [5.74, 6) is 0. The SMILES string of the molecule is OCCCCCCNc1c(Cl)cccc1C(F)(F)F. The van der Waals surface area contributed by atoms with Crippen molar-refractivity contribution in [1.82, 2.24) is 0 Å². The highest BCUT2D eigenvalue weighted by atomic mass is 35.5. The molecular weight excluding hydrogens is 279 g/mol. The molecule has 0 fully saturated rings. The Morgan fingerprint density at radius 3 is 2.42 bits per heavy atom. The van der Waals surface area contributed by atoms with Gasteiger partial charge in [-0.2, -0.15) is 13.2 Å². The maximum Gasteiger partial charge on any atom is 0.418 e. The Hall–Kier alpha value is -0.940. The average molecular weight is 296 g/mol. The number of benzene rings is 1. The standard InChI is InChI=1S/C13H17ClF3NO/c14-11-7-5-6-10(13(15,16)17)12(11)18-8-3-1-2-4-9-19/h5-7,18-19H,1-4,8-9H2. The number of para-hydroxylation sites is 1. The number of aliphatic hydroxyl groups is 1. The van der Waals surface area contributed by atoms with Gasteiger partial charge in [0, 0.05) is 13.2 Å². The Balaban J connectivity index is 2.57. The van der Waals surface area contributed by atoms with Crippen molar-refractivity contribution in [1.29, 1.82) is 0 Å². The van der Waals surface area contributed by atoms with Gasteiger partial charge in [-0.25, -0.2) is 0 Å². The van der Waals surface area contributed by atoms with E-state index in [1.165, 1.54) is 12.1 Å². The van der Waals surface area contributed by atoms with Crippen LogP contribution < -0.4 is 5.32 Å². The number of halogens is 4. The zero-order valence-corrected chi connectivity index (χ0v) is 11.2. The lowest BCUT2D eigenvalue weighted by Crippen LogP contribution is -2.12. The van der Waals surface area contributed by atoms with Gasteiger partial charge in [-0.1, -0.05) is 30.5 Å². The van der Waals surface area contributed by atoms with Crippen LogP contribution in [0.1, 0.15) is 31.2 Å². The Morgan fingerprint density at radius 2 is 1.79 bits per heavy atom. The summed E-state index contributed by atoms with van der Waals surface area (Å²) in [5.41, 5.74) is -0.797. The smallest absolute Gasteiger partial charge is 0.396 e. The van der Waals surface area contributed by atoms with Crippen molar-refractivity contribution in [2.45, 2.75) is 31.9 Å². The Labute approximate surface area is 115 Å². The highest BCUT2D eigenvalue weighted by molar-refractivity contribution is 6.33. The van der Waals surface area contributed by atoms with Crippen molar-refractivity contribution in [3.05, 3.63) is 28.8 Å². The number of nitrogens with one attached hydrogen (secondary N) is 1. The Morgan fingerprint density at radius 1 is 1.11 bits per heavy atom. The molecule has 2 N–H and O–H groups in total. The molecule has 0 amide bonds. The van der Waals surface area contributed by atoms with Gasteiger partial charge in [0.05, 0.1) is 16.3 Å². The predicted octanol–water partition coefficient (Wildman–Crippen LogP) is 4.32. The van der Waals surface area contributed by atoms with Crippen LogP contribution in [0.3, 0.4) is 0 Å². The molecule has 0 heterocycles. The van der Waals surface area contributed by atoms with Crippen molar-refractivity contribution in [3.63, 3.8) is 0 Å². The highest BCUT2D eigenvalue weighted by Crippen LogP contribution is 2.38. The van der Waals surface area contributed by atoms with Gasteiger partial charge in [0.25, 0.3) is 0 Å². The summed E-state index contributed by atoms with van der Waals surface area (Å²) < 4.78 is 38.3. The number of hydrogen-bond acceptors (Lipinski definition) is 2. The molecule has 1 aromatic rings. The van der Waals surface area contributed by atoms with E-state index in [0.717, 1.165) is 31.7 Å². The molecule has 0 spiro atoms. The van der Waals surface area contributed by atoms with Crippen LogP contribution in [0.25, 0.3) is 0 Å². The quantitative estimate of drug-likeness (QED) is 0.734. The summed E-state index contributed by atoms with van der Waals surface area (Å²) in [6.07, 6.45) is -1.22. The van der Waals surface area contributed by atoms with E-state index in [0.29, 0.717) is 6.54 Å². The molecule has 0 aliphatic rings. The molecule has 0 unspecified atom stereocenters. The van der Waals surface area contributed by atoms with Crippen LogP contribution in [-0.2, 0) is 6.18 Å². The normalized spacial score (nSPS) is 11.6. The largest absolute Gasteiger partial charge is 0.418 e. The molecule has 0 bridgehead atoms. The second-order valence-electron chi connectivity index (χ2n) is 4.22. The molecule has 1 rings (SSSR count). The lowest BCUT2D eigenvalue weighted by Gasteiger charge is -2.15. The predicted molar refractivity (Wildman–Crippen MR) is 70.5 cm³/mol. The lowest BCUT2D eigenvalue weighted by atomic mass is 10.1. The van der Waals surface area contributed by atoms with Crippen molar-refractivity contribution in [2.75, 3.05) is 18.5 Å². The van der Waals surface area contributed by atoms with E-state index < -0.39 is 11.7 Å². The second kappa shape index (κ2) is 7.60. The summed E-state index contributed by atoms with van der Waals surface area (Å²) in [7, 11) is 0. The average Bonchev–Trinajstić information content (AvgIpc) is 2.33. The maximum absolute atomic E-state index is 12.8. The van der Waals surface area contributed by atoms with Crippen molar-refractivity contribution < 1.29 is 18.3 Å². The zero-order valence-electron chi connectivity index (χ0n) is 10.4. The van der Waals surface area contributed by atoms with Crippen LogP contribution in [0.15, 0.2) is 18.2 Å². The third-order valence-electron chi connectivity index (χ3n) is 2.71. The van der Waals surface area contributed by atoms with Gasteiger partial charge in [0.2, 0.25) is 0 Å². The van der Waals surface area contributed by atoms with Crippen molar-refractivity contribution in [2.24, 2.45) is 0 Å². The second-order valence-corrected chi connectivity index (χ2v) is 4.63. The molecule has 2 nitrogen and oxygen atoms in total. The summed E-state index contributed by atoms with van der Waals surface area (Å²) >= 11 is 5.80. The van der Waals surface area contributed by atoms with Gasteiger partial charge in [-0.3, -0.25) is 0 Å². The topological polar surface area (TPSA) is 32.3 Å². The van der Waals surface area contributed by atoms with Gasteiger partial charge in [0.1, 0.15) is 0 Å². The fraction of sp³-hybridized carbons (Fsp3) is 0.538. The monoisotopic (exact) mass is 295 g/mol. The molecular formula is C13H17ClF3NO. The minimum atomic E-state index is -4.41. The van der Waals surface area contributed by atoms with Gasteiger partial charge in [-0.05, 0) is 25.0 Å². The number of hydrogen-bond donors (Lipinski definition) is 2. The summed E-state index contributed by atoms with van der Waals surface area (Å²) in [6, 6.07) is 3.74. The number of anilines is 1. The van der Waals surface area contributed by atoms with E-state index in [1.807, 2.05) is 0 Å². The molecule has 0 saturated carbocycles. The van der Waals surface area contributed by atoms with Crippen molar-refractivity contribution in [3.8, 4) is 0 Å². The number of alkyl halides is 3. The molecule has 0 radical (unpaired) electrons. The van der Waals surface area contributed by atoms with Crippen LogP contribution in [0.2, 0.25) is 5.02 Å². The minimum absolute atomic E-state index is 0.0566. The molecule has 0 aliphatic heterocycles. The molecule has 108 valence electrons. The number of aliphatic hydroxyl groups excluding tert-OH is 1. The number of rotatable bonds is 7. The first kappa shape index (κ1) is 16.1. The van der Waals surface area contributed by atoms with Gasteiger partial charge in [0.15, 0.2) is 0 Å². The first-order valence-electron chi connectivity index (χ1n) is 6.17. The number of unbranched alkanes of at least 4 members (excludes halogenated alkanes) is 3. The van der Waals surface area contributed by atoms with Crippen LogP contribution in [0, 0.1) is 0 Å². The molecule has 0 aromatic heterocycles. The van der Waals surface area contributed by atoms with Gasteiger partial charge >= 0.3 is 6.18 Å². The fourth-order valence-electron chi connectivity index (χ4n) is 1.74. The summed E-state index contributed by atoms with van der Waals surface area (Å²) in [4.78, 5) is 0. The van der Waals surface area contributed by atoms with Crippen LogP contribution in [0.4, 0.5) is 18.9 Å². The lowest BCUT2D eigenvalue weighted by molar-refractivity contribution is -0.136. The van der Waals surface area contributed by atoms with E-state index >= 15 is 0 Å². The summed E-state index contributed by atoms with van der Waals surface area (Å²) in [5, 5.41) is 11.4. The molecule has 0 atom stereocenters. The van der Waals surface area contributed by atoms with Crippen LogP contribution >= 0.6 is 11.6 Å². The Kier molecular flexibility index (Phi) is 6.45. The minimum Gasteiger partial charge on any atom is -0.396 e. The molecule has 0 aliphatic carbocycles.